The molecule has 4 rings (SSSR count). The van der Waals surface area contributed by atoms with Crippen molar-refractivity contribution in [3.8, 4) is 0 Å². The van der Waals surface area contributed by atoms with Gasteiger partial charge in [0.05, 0.1) is 22.3 Å². The van der Waals surface area contributed by atoms with E-state index >= 15 is 0 Å². The Morgan fingerprint density at radius 2 is 1.20 bits per heavy atom. The summed E-state index contributed by atoms with van der Waals surface area (Å²) in [4.78, 5) is 50.1. The Morgan fingerprint density at radius 1 is 0.733 bits per heavy atom. The summed E-state index contributed by atoms with van der Waals surface area (Å²) in [5.74, 6) is -1.41. The highest BCUT2D eigenvalue weighted by atomic mass is 16.2. The lowest BCUT2D eigenvalue weighted by molar-refractivity contribution is 0.0863. The van der Waals surface area contributed by atoms with Crippen LogP contribution in [0.5, 0.6) is 0 Å². The van der Waals surface area contributed by atoms with Crippen LogP contribution in [0, 0.1) is 0 Å². The van der Waals surface area contributed by atoms with Crippen molar-refractivity contribution in [3.05, 3.63) is 82.4 Å². The Bertz CT molecular complexity index is 1010. The summed E-state index contributed by atoms with van der Waals surface area (Å²) in [6, 6.07) is 10.6. The summed E-state index contributed by atoms with van der Waals surface area (Å²) >= 11 is 0. The zero-order chi connectivity index (χ0) is 21.3. The maximum absolute atomic E-state index is 12.1. The highest BCUT2D eigenvalue weighted by molar-refractivity contribution is 6.22. The van der Waals surface area contributed by atoms with Gasteiger partial charge in [-0.3, -0.25) is 34.7 Å². The molecule has 2 N–H and O–H groups in total. The topological polar surface area (TPSA) is 95.6 Å². The van der Waals surface area contributed by atoms with Crippen LogP contribution in [0.4, 0.5) is 0 Å². The van der Waals surface area contributed by atoms with E-state index in [4.69, 9.17) is 0 Å². The first-order valence-electron chi connectivity index (χ1n) is 9.78. The molecule has 2 aliphatic heterocycles. The molecule has 0 aliphatic carbocycles. The van der Waals surface area contributed by atoms with Gasteiger partial charge in [-0.2, -0.15) is 0 Å². The number of hydrogen-bond acceptors (Lipinski definition) is 5. The first-order chi connectivity index (χ1) is 14.5. The summed E-state index contributed by atoms with van der Waals surface area (Å²) in [5, 5.41) is 4.68. The molecule has 0 saturated carbocycles. The van der Waals surface area contributed by atoms with Gasteiger partial charge < -0.3 is 0 Å². The van der Waals surface area contributed by atoms with Crippen LogP contribution < -0.4 is 10.6 Å². The molecule has 7 heteroatoms. The molecule has 0 aromatic heterocycles. The Morgan fingerprint density at radius 3 is 1.63 bits per heavy atom. The van der Waals surface area contributed by atoms with Crippen LogP contribution in [0.25, 0.3) is 0 Å². The van der Waals surface area contributed by atoms with E-state index in [0.717, 1.165) is 11.1 Å². The number of carbonyl (C=O) groups excluding carboxylic acids is 4. The van der Waals surface area contributed by atoms with Crippen LogP contribution in [0.3, 0.4) is 0 Å². The molecule has 2 aromatic rings. The SMILES string of the molecule is C=CCN(CCc1cccc2c1C(=O)NC2=O)CCc1cccc2c1C(=O)NC2=O. The van der Waals surface area contributed by atoms with Gasteiger partial charge in [-0.05, 0) is 36.1 Å². The lowest BCUT2D eigenvalue weighted by atomic mass is 9.99. The van der Waals surface area contributed by atoms with Gasteiger partial charge in [-0.25, -0.2) is 0 Å². The Hall–Kier alpha value is -3.58. The second kappa shape index (κ2) is 8.04. The number of carbonyl (C=O) groups is 4. The van der Waals surface area contributed by atoms with Crippen molar-refractivity contribution in [2.75, 3.05) is 19.6 Å². The second-order valence-corrected chi connectivity index (χ2v) is 7.34. The minimum Gasteiger partial charge on any atom is -0.299 e. The first kappa shape index (κ1) is 19.7. The van der Waals surface area contributed by atoms with E-state index in [1.807, 2.05) is 12.1 Å². The smallest absolute Gasteiger partial charge is 0.259 e. The van der Waals surface area contributed by atoms with Gasteiger partial charge in [0.25, 0.3) is 23.6 Å². The molecule has 0 saturated heterocycles. The fraction of sp³-hybridized carbons (Fsp3) is 0.217. The predicted molar refractivity (Wildman–Crippen MR) is 111 cm³/mol. The average molecular weight is 403 g/mol. The van der Waals surface area contributed by atoms with E-state index in [2.05, 4.69) is 22.1 Å². The minimum absolute atomic E-state index is 0.351. The molecule has 30 heavy (non-hydrogen) atoms. The maximum atomic E-state index is 12.1. The van der Waals surface area contributed by atoms with Crippen molar-refractivity contribution in [2.24, 2.45) is 0 Å². The van der Waals surface area contributed by atoms with Crippen LogP contribution in [0.15, 0.2) is 49.1 Å². The molecule has 0 radical (unpaired) electrons. The number of amides is 4. The zero-order valence-corrected chi connectivity index (χ0v) is 16.4. The summed E-state index contributed by atoms with van der Waals surface area (Å²) in [6.07, 6.45) is 3.00. The summed E-state index contributed by atoms with van der Waals surface area (Å²) < 4.78 is 0. The largest absolute Gasteiger partial charge is 0.299 e. The zero-order valence-electron chi connectivity index (χ0n) is 16.4. The fourth-order valence-electron chi connectivity index (χ4n) is 4.03. The Labute approximate surface area is 173 Å². The van der Waals surface area contributed by atoms with Crippen molar-refractivity contribution in [1.29, 1.82) is 0 Å². The molecule has 2 heterocycles. The van der Waals surface area contributed by atoms with Crippen molar-refractivity contribution >= 4 is 23.6 Å². The summed E-state index contributed by atoms with van der Waals surface area (Å²) in [7, 11) is 0. The minimum atomic E-state index is -0.356. The van der Waals surface area contributed by atoms with Crippen LogP contribution in [0.2, 0.25) is 0 Å². The molecule has 0 bridgehead atoms. The number of imide groups is 2. The molecule has 2 aliphatic rings. The van der Waals surface area contributed by atoms with Crippen LogP contribution in [-0.4, -0.2) is 48.2 Å². The molecule has 152 valence electrons. The van der Waals surface area contributed by atoms with Crippen molar-refractivity contribution in [2.45, 2.75) is 12.8 Å². The maximum Gasteiger partial charge on any atom is 0.259 e. The fourth-order valence-corrected chi connectivity index (χ4v) is 4.03. The quantitative estimate of drug-likeness (QED) is 0.517. The van der Waals surface area contributed by atoms with Gasteiger partial charge in [0.2, 0.25) is 0 Å². The van der Waals surface area contributed by atoms with Gasteiger partial charge in [0, 0.05) is 19.6 Å². The van der Waals surface area contributed by atoms with E-state index in [1.165, 1.54) is 0 Å². The first-order valence-corrected chi connectivity index (χ1v) is 9.78. The number of nitrogens with zero attached hydrogens (tertiary/aromatic N) is 1. The molecular formula is C23H21N3O4. The van der Waals surface area contributed by atoms with E-state index in [1.54, 1.807) is 30.3 Å². The lowest BCUT2D eigenvalue weighted by Crippen LogP contribution is -2.29. The van der Waals surface area contributed by atoms with Crippen LogP contribution in [0.1, 0.15) is 52.6 Å². The van der Waals surface area contributed by atoms with Gasteiger partial charge in [0.15, 0.2) is 0 Å². The molecule has 0 fully saturated rings. The number of hydrogen-bond donors (Lipinski definition) is 2. The normalized spacial score (nSPS) is 14.6. The molecule has 0 spiro atoms. The van der Waals surface area contributed by atoms with E-state index in [0.29, 0.717) is 54.7 Å². The third-order valence-electron chi connectivity index (χ3n) is 5.48. The highest BCUT2D eigenvalue weighted by Crippen LogP contribution is 2.22. The van der Waals surface area contributed by atoms with Gasteiger partial charge in [0.1, 0.15) is 0 Å². The molecule has 2 aromatic carbocycles. The molecule has 4 amide bonds. The van der Waals surface area contributed by atoms with Gasteiger partial charge in [-0.15, -0.1) is 6.58 Å². The monoisotopic (exact) mass is 403 g/mol. The van der Waals surface area contributed by atoms with Crippen molar-refractivity contribution in [1.82, 2.24) is 15.5 Å². The number of fused-ring (bicyclic) bond motifs is 2. The Balaban J connectivity index is 1.46. The van der Waals surface area contributed by atoms with Gasteiger partial charge >= 0.3 is 0 Å². The average Bonchev–Trinajstić information content (AvgIpc) is 3.20. The number of benzene rings is 2. The van der Waals surface area contributed by atoms with E-state index in [-0.39, 0.29) is 23.6 Å². The third-order valence-corrected chi connectivity index (χ3v) is 5.48. The van der Waals surface area contributed by atoms with E-state index in [9.17, 15) is 19.2 Å². The molecular weight excluding hydrogens is 382 g/mol. The van der Waals surface area contributed by atoms with Crippen LogP contribution in [-0.2, 0) is 12.8 Å². The number of nitrogens with one attached hydrogen (secondary N) is 2. The third kappa shape index (κ3) is 3.55. The van der Waals surface area contributed by atoms with Crippen molar-refractivity contribution in [3.63, 3.8) is 0 Å². The van der Waals surface area contributed by atoms with Gasteiger partial charge in [-0.1, -0.05) is 30.3 Å². The van der Waals surface area contributed by atoms with Crippen molar-refractivity contribution < 1.29 is 19.2 Å². The Kier molecular flexibility index (Phi) is 5.29. The highest BCUT2D eigenvalue weighted by Gasteiger charge is 2.30. The predicted octanol–water partition coefficient (Wildman–Crippen LogP) is 1.73. The summed E-state index contributed by atoms with van der Waals surface area (Å²) in [5.41, 5.74) is 3.41. The second-order valence-electron chi connectivity index (χ2n) is 7.34. The molecule has 7 nitrogen and oxygen atoms in total. The summed E-state index contributed by atoms with van der Waals surface area (Å²) in [6.45, 7) is 5.76. The molecule has 0 unspecified atom stereocenters. The van der Waals surface area contributed by atoms with Crippen LogP contribution >= 0.6 is 0 Å². The number of rotatable bonds is 8. The van der Waals surface area contributed by atoms with E-state index < -0.39 is 0 Å². The molecule has 0 atom stereocenters. The standard InChI is InChI=1S/C23H21N3O4/c1-2-11-26(12-9-14-5-3-7-16-18(14)22(29)24-20(16)27)13-10-15-6-4-8-17-19(15)23(30)25-21(17)28/h2-8H,1,9-13H2,(H,24,27,29)(H,25,28,30). The lowest BCUT2D eigenvalue weighted by Gasteiger charge is -2.21.